The van der Waals surface area contributed by atoms with Gasteiger partial charge in [0.1, 0.15) is 5.82 Å². The molecule has 0 amide bonds. The number of pyridine rings is 1. The van der Waals surface area contributed by atoms with Gasteiger partial charge in [0.2, 0.25) is 15.8 Å². The van der Waals surface area contributed by atoms with Crippen molar-refractivity contribution in [2.45, 2.75) is 11.8 Å². The van der Waals surface area contributed by atoms with Crippen molar-refractivity contribution in [3.63, 3.8) is 0 Å². The Bertz CT molecular complexity index is 1420. The highest BCUT2D eigenvalue weighted by atomic mass is 32.2. The molecule has 0 unspecified atom stereocenters. The fourth-order valence-electron chi connectivity index (χ4n) is 3.40. The minimum absolute atomic E-state index is 0.00382. The van der Waals surface area contributed by atoms with Crippen LogP contribution in [-0.2, 0) is 10.0 Å². The Morgan fingerprint density at radius 2 is 1.71 bits per heavy atom. The number of carbonyl (C=O) groups is 1. The van der Waals surface area contributed by atoms with Crippen molar-refractivity contribution in [2.24, 2.45) is 10.1 Å². The van der Waals surface area contributed by atoms with Gasteiger partial charge in [-0.25, -0.2) is 17.9 Å². The van der Waals surface area contributed by atoms with Gasteiger partial charge in [0.15, 0.2) is 0 Å². The number of sulfonamides is 1. The van der Waals surface area contributed by atoms with E-state index in [4.69, 9.17) is 5.14 Å². The van der Waals surface area contributed by atoms with Crippen LogP contribution in [0.25, 0.3) is 5.52 Å². The first-order chi connectivity index (χ1) is 14.8. The second kappa shape index (κ2) is 7.90. The van der Waals surface area contributed by atoms with E-state index in [1.165, 1.54) is 36.4 Å². The Kier molecular flexibility index (Phi) is 5.26. The number of rotatable bonds is 5. The Balaban J connectivity index is 1.77. The zero-order valence-corrected chi connectivity index (χ0v) is 17.3. The van der Waals surface area contributed by atoms with Crippen LogP contribution < -0.4 is 5.14 Å². The molecule has 0 bridgehead atoms. The lowest BCUT2D eigenvalue weighted by molar-refractivity contribution is 0.103. The molecular formula is C23H18FN3O3S. The van der Waals surface area contributed by atoms with Gasteiger partial charge in [-0.15, -0.1) is 0 Å². The SMILES string of the molecule is Cc1c(C=Nc2ccc(S(N)(=O)=O)cc2)c2ccccn2c1C(=O)c1ccc(F)cc1. The van der Waals surface area contributed by atoms with E-state index in [0.717, 1.165) is 16.6 Å². The third-order valence-electron chi connectivity index (χ3n) is 4.97. The number of carbonyl (C=O) groups excluding carboxylic acids is 1. The standard InChI is InChI=1S/C23H18FN3O3S/c1-15-20(14-26-18-9-11-19(12-10-18)31(25,29)30)21-4-2-3-13-27(21)22(15)23(28)16-5-7-17(24)8-6-16/h2-14H,1H3,(H2,25,29,30). The summed E-state index contributed by atoms with van der Waals surface area (Å²) in [5, 5.41) is 5.12. The predicted molar refractivity (Wildman–Crippen MR) is 117 cm³/mol. The molecule has 0 saturated heterocycles. The molecule has 6 nitrogen and oxygen atoms in total. The van der Waals surface area contributed by atoms with Crippen molar-refractivity contribution in [2.75, 3.05) is 0 Å². The molecule has 2 N–H and O–H groups in total. The van der Waals surface area contributed by atoms with Crippen LogP contribution in [0.2, 0.25) is 0 Å². The summed E-state index contributed by atoms with van der Waals surface area (Å²) in [5.41, 5.74) is 3.65. The number of aromatic nitrogens is 1. The number of hydrogen-bond donors (Lipinski definition) is 1. The van der Waals surface area contributed by atoms with Crippen LogP contribution in [0.3, 0.4) is 0 Å². The summed E-state index contributed by atoms with van der Waals surface area (Å²) in [4.78, 5) is 17.6. The zero-order valence-electron chi connectivity index (χ0n) is 16.5. The van der Waals surface area contributed by atoms with Crippen molar-refractivity contribution in [1.82, 2.24) is 4.40 Å². The van der Waals surface area contributed by atoms with Crippen LogP contribution >= 0.6 is 0 Å². The van der Waals surface area contributed by atoms with Gasteiger partial charge in [-0.2, -0.15) is 0 Å². The monoisotopic (exact) mass is 435 g/mol. The van der Waals surface area contributed by atoms with Crippen molar-refractivity contribution in [1.29, 1.82) is 0 Å². The topological polar surface area (TPSA) is 94.0 Å². The quantitative estimate of drug-likeness (QED) is 0.379. The minimum atomic E-state index is -3.77. The highest BCUT2D eigenvalue weighted by molar-refractivity contribution is 7.89. The van der Waals surface area contributed by atoms with Crippen LogP contribution in [0.1, 0.15) is 27.2 Å². The molecule has 0 aliphatic rings. The van der Waals surface area contributed by atoms with E-state index in [-0.39, 0.29) is 10.7 Å². The Morgan fingerprint density at radius 3 is 2.35 bits per heavy atom. The minimum Gasteiger partial charge on any atom is -0.313 e. The fraction of sp³-hybridized carbons (Fsp3) is 0.0435. The molecule has 2 aromatic carbocycles. The molecule has 0 saturated carbocycles. The maximum atomic E-state index is 13.3. The first-order valence-electron chi connectivity index (χ1n) is 9.32. The van der Waals surface area contributed by atoms with Gasteiger partial charge in [0.05, 0.1) is 21.8 Å². The van der Waals surface area contributed by atoms with Crippen LogP contribution in [0, 0.1) is 12.7 Å². The second-order valence-electron chi connectivity index (χ2n) is 6.98. The highest BCUT2D eigenvalue weighted by Gasteiger charge is 2.20. The molecule has 4 rings (SSSR count). The molecule has 0 atom stereocenters. The second-order valence-corrected chi connectivity index (χ2v) is 8.54. The lowest BCUT2D eigenvalue weighted by Crippen LogP contribution is -2.11. The normalized spacial score (nSPS) is 12.0. The number of fused-ring (bicyclic) bond motifs is 1. The van der Waals surface area contributed by atoms with Crippen LogP contribution in [0.15, 0.2) is 82.8 Å². The molecule has 0 radical (unpaired) electrons. The predicted octanol–water partition coefficient (Wildman–Crippen LogP) is 4.02. The Morgan fingerprint density at radius 1 is 1.03 bits per heavy atom. The van der Waals surface area contributed by atoms with Crippen LogP contribution in [0.5, 0.6) is 0 Å². The fourth-order valence-corrected chi connectivity index (χ4v) is 3.91. The van der Waals surface area contributed by atoms with Crippen LogP contribution in [0.4, 0.5) is 10.1 Å². The molecule has 156 valence electrons. The third kappa shape index (κ3) is 4.03. The Labute approximate surface area is 178 Å². The summed E-state index contributed by atoms with van der Waals surface area (Å²) in [7, 11) is -3.77. The summed E-state index contributed by atoms with van der Waals surface area (Å²) in [6.45, 7) is 1.83. The molecule has 0 spiro atoms. The molecule has 4 aromatic rings. The molecule has 0 aliphatic carbocycles. The maximum Gasteiger partial charge on any atom is 0.238 e. The lowest BCUT2D eigenvalue weighted by Gasteiger charge is -2.04. The number of hydrogen-bond acceptors (Lipinski definition) is 4. The first kappa shape index (κ1) is 20.6. The van der Waals surface area contributed by atoms with Crippen molar-refractivity contribution in [3.8, 4) is 0 Å². The van der Waals surface area contributed by atoms with E-state index in [1.807, 2.05) is 25.1 Å². The highest BCUT2D eigenvalue weighted by Crippen LogP contribution is 2.25. The average molecular weight is 435 g/mol. The van der Waals surface area contributed by atoms with Crippen molar-refractivity contribution >= 4 is 33.2 Å². The number of nitrogens with two attached hydrogens (primary N) is 1. The summed E-state index contributed by atoms with van der Waals surface area (Å²) in [6.07, 6.45) is 3.43. The summed E-state index contributed by atoms with van der Waals surface area (Å²) >= 11 is 0. The van der Waals surface area contributed by atoms with Crippen molar-refractivity contribution < 1.29 is 17.6 Å². The van der Waals surface area contributed by atoms with Gasteiger partial charge in [0.25, 0.3) is 0 Å². The summed E-state index contributed by atoms with van der Waals surface area (Å²) in [6, 6.07) is 16.9. The van der Waals surface area contributed by atoms with E-state index >= 15 is 0 Å². The molecule has 31 heavy (non-hydrogen) atoms. The maximum absolute atomic E-state index is 13.3. The van der Waals surface area contributed by atoms with E-state index in [1.54, 1.807) is 28.9 Å². The Hall–Kier alpha value is -3.62. The first-order valence-corrected chi connectivity index (χ1v) is 10.9. The summed E-state index contributed by atoms with van der Waals surface area (Å²) in [5.74, 6) is -0.634. The van der Waals surface area contributed by atoms with E-state index in [0.29, 0.717) is 16.9 Å². The number of aliphatic imine (C=N–C) groups is 1. The molecule has 8 heteroatoms. The van der Waals surface area contributed by atoms with E-state index < -0.39 is 15.8 Å². The average Bonchev–Trinajstić information content (AvgIpc) is 3.03. The molecule has 2 heterocycles. The van der Waals surface area contributed by atoms with Crippen molar-refractivity contribution in [3.05, 3.63) is 101 Å². The van der Waals surface area contributed by atoms with Crippen LogP contribution in [-0.4, -0.2) is 24.8 Å². The number of benzene rings is 2. The molecule has 0 aliphatic heterocycles. The zero-order chi connectivity index (χ0) is 22.2. The lowest BCUT2D eigenvalue weighted by atomic mass is 10.0. The number of nitrogens with zero attached hydrogens (tertiary/aromatic N) is 2. The largest absolute Gasteiger partial charge is 0.313 e. The van der Waals surface area contributed by atoms with E-state index in [9.17, 15) is 17.6 Å². The summed E-state index contributed by atoms with van der Waals surface area (Å²) < 4.78 is 37.9. The molecule has 2 aromatic heterocycles. The van der Waals surface area contributed by atoms with Gasteiger partial charge in [0, 0.05) is 23.5 Å². The van der Waals surface area contributed by atoms with Gasteiger partial charge in [-0.1, -0.05) is 6.07 Å². The molecular weight excluding hydrogens is 417 g/mol. The number of primary sulfonamides is 1. The number of ketones is 1. The third-order valence-corrected chi connectivity index (χ3v) is 5.89. The molecule has 0 fully saturated rings. The van der Waals surface area contributed by atoms with Gasteiger partial charge >= 0.3 is 0 Å². The van der Waals surface area contributed by atoms with Gasteiger partial charge in [-0.05, 0) is 73.2 Å². The van der Waals surface area contributed by atoms with Gasteiger partial charge in [-0.3, -0.25) is 9.79 Å². The smallest absolute Gasteiger partial charge is 0.238 e. The van der Waals surface area contributed by atoms with Gasteiger partial charge < -0.3 is 4.40 Å². The van der Waals surface area contributed by atoms with E-state index in [2.05, 4.69) is 4.99 Å². The number of halogens is 1.